The maximum Gasteiger partial charge on any atom is 0.168 e. The van der Waals surface area contributed by atoms with Gasteiger partial charge in [0.25, 0.3) is 0 Å². The number of hydrogen-bond donors (Lipinski definition) is 0. The van der Waals surface area contributed by atoms with E-state index in [9.17, 15) is 0 Å². The molecule has 4 rings (SSSR count). The van der Waals surface area contributed by atoms with Crippen LogP contribution in [0.1, 0.15) is 30.9 Å². The van der Waals surface area contributed by atoms with E-state index in [-0.39, 0.29) is 0 Å². The molecule has 0 N–H and O–H groups in total. The van der Waals surface area contributed by atoms with Crippen LogP contribution in [0.3, 0.4) is 0 Å². The highest BCUT2D eigenvalue weighted by molar-refractivity contribution is 5.87. The molecule has 3 heterocycles. The van der Waals surface area contributed by atoms with Crippen LogP contribution in [-0.4, -0.2) is 32.8 Å². The van der Waals surface area contributed by atoms with Crippen molar-refractivity contribution < 1.29 is 0 Å². The van der Waals surface area contributed by atoms with Crippen molar-refractivity contribution in [3.05, 3.63) is 41.9 Å². The van der Waals surface area contributed by atoms with Crippen molar-refractivity contribution in [2.75, 3.05) is 18.0 Å². The van der Waals surface area contributed by atoms with E-state index in [1.807, 2.05) is 10.9 Å². The predicted molar refractivity (Wildman–Crippen MR) is 96.7 cm³/mol. The zero-order valence-corrected chi connectivity index (χ0v) is 14.5. The number of piperidine rings is 1. The van der Waals surface area contributed by atoms with Gasteiger partial charge in [-0.05, 0) is 49.8 Å². The zero-order chi connectivity index (χ0) is 16.7. The Kier molecular flexibility index (Phi) is 3.71. The Morgan fingerprint density at radius 1 is 1.17 bits per heavy atom. The van der Waals surface area contributed by atoms with Crippen molar-refractivity contribution in [2.45, 2.75) is 33.6 Å². The van der Waals surface area contributed by atoms with E-state index in [4.69, 9.17) is 0 Å². The van der Waals surface area contributed by atoms with Gasteiger partial charge in [-0.2, -0.15) is 5.10 Å². The number of fused-ring (bicyclic) bond motifs is 1. The van der Waals surface area contributed by atoms with E-state index in [0.717, 1.165) is 35.6 Å². The average molecular weight is 321 g/mol. The minimum absolute atomic E-state index is 0.706. The molecule has 1 aromatic carbocycles. The number of hydrogen-bond acceptors (Lipinski definition) is 4. The van der Waals surface area contributed by atoms with Crippen molar-refractivity contribution in [2.24, 2.45) is 5.92 Å². The Hall–Kier alpha value is -2.43. The molecule has 1 saturated heterocycles. The zero-order valence-electron chi connectivity index (χ0n) is 14.5. The summed E-state index contributed by atoms with van der Waals surface area (Å²) in [4.78, 5) is 11.5. The molecule has 1 atom stereocenters. The lowest BCUT2D eigenvalue weighted by Crippen LogP contribution is -2.34. The summed E-state index contributed by atoms with van der Waals surface area (Å²) in [6.45, 7) is 8.64. The lowest BCUT2D eigenvalue weighted by atomic mass is 10.0. The largest absolute Gasteiger partial charge is 0.356 e. The first kappa shape index (κ1) is 15.1. The summed E-state index contributed by atoms with van der Waals surface area (Å²) < 4.78 is 1.94. The van der Waals surface area contributed by atoms with Crippen molar-refractivity contribution in [1.29, 1.82) is 0 Å². The average Bonchev–Trinajstić information content (AvgIpc) is 3.01. The molecule has 0 radical (unpaired) electrons. The smallest absolute Gasteiger partial charge is 0.168 e. The van der Waals surface area contributed by atoms with Crippen molar-refractivity contribution in [1.82, 2.24) is 19.7 Å². The van der Waals surface area contributed by atoms with E-state index in [1.54, 1.807) is 6.33 Å². The fourth-order valence-electron chi connectivity index (χ4n) is 3.59. The molecule has 1 aliphatic rings. The second-order valence-corrected chi connectivity index (χ2v) is 6.97. The van der Waals surface area contributed by atoms with Crippen LogP contribution in [0.4, 0.5) is 5.82 Å². The predicted octanol–water partition coefficient (Wildman–Crippen LogP) is 3.67. The molecule has 0 spiro atoms. The summed E-state index contributed by atoms with van der Waals surface area (Å²) >= 11 is 0. The number of benzene rings is 1. The quantitative estimate of drug-likeness (QED) is 0.722. The highest BCUT2D eigenvalue weighted by Crippen LogP contribution is 2.29. The van der Waals surface area contributed by atoms with Gasteiger partial charge in [-0.3, -0.25) is 0 Å². The molecular weight excluding hydrogens is 298 g/mol. The normalized spacial score (nSPS) is 18.3. The van der Waals surface area contributed by atoms with Crippen LogP contribution in [0.25, 0.3) is 16.7 Å². The van der Waals surface area contributed by atoms with Crippen molar-refractivity contribution >= 4 is 16.9 Å². The standard InChI is InChI=1S/C19H23N5/c1-13-6-7-15(3)17(9-13)24-19-16(10-22-24)18(20-12-21-19)23-8-4-5-14(2)11-23/h6-7,9-10,12,14H,4-5,8,11H2,1-3H3/t14-/m1/s1. The molecule has 1 fully saturated rings. The Morgan fingerprint density at radius 2 is 2.04 bits per heavy atom. The second-order valence-electron chi connectivity index (χ2n) is 6.97. The first-order chi connectivity index (χ1) is 11.6. The summed E-state index contributed by atoms with van der Waals surface area (Å²) in [7, 11) is 0. The van der Waals surface area contributed by atoms with Crippen LogP contribution < -0.4 is 4.90 Å². The molecule has 0 saturated carbocycles. The Morgan fingerprint density at radius 3 is 2.88 bits per heavy atom. The van der Waals surface area contributed by atoms with Crippen molar-refractivity contribution in [3.8, 4) is 5.69 Å². The summed E-state index contributed by atoms with van der Waals surface area (Å²) in [5, 5.41) is 5.66. The van der Waals surface area contributed by atoms with E-state index in [0.29, 0.717) is 5.92 Å². The maximum atomic E-state index is 4.63. The van der Waals surface area contributed by atoms with Crippen LogP contribution in [-0.2, 0) is 0 Å². The SMILES string of the molecule is Cc1ccc(C)c(-n2ncc3c(N4CCC[C@@H](C)C4)ncnc32)c1. The highest BCUT2D eigenvalue weighted by atomic mass is 15.3. The maximum absolute atomic E-state index is 4.63. The van der Waals surface area contributed by atoms with Crippen LogP contribution in [0.5, 0.6) is 0 Å². The molecule has 1 aliphatic heterocycles. The first-order valence-electron chi connectivity index (χ1n) is 8.65. The lowest BCUT2D eigenvalue weighted by molar-refractivity contribution is 0.445. The molecule has 0 unspecified atom stereocenters. The van der Waals surface area contributed by atoms with E-state index < -0.39 is 0 Å². The fourth-order valence-corrected chi connectivity index (χ4v) is 3.59. The van der Waals surface area contributed by atoms with Gasteiger partial charge in [-0.25, -0.2) is 14.6 Å². The molecule has 5 nitrogen and oxygen atoms in total. The topological polar surface area (TPSA) is 46.8 Å². The van der Waals surface area contributed by atoms with Gasteiger partial charge in [0, 0.05) is 13.1 Å². The van der Waals surface area contributed by atoms with Gasteiger partial charge in [0.15, 0.2) is 5.65 Å². The third-order valence-electron chi connectivity index (χ3n) is 4.89. The van der Waals surface area contributed by atoms with Gasteiger partial charge in [0.2, 0.25) is 0 Å². The monoisotopic (exact) mass is 321 g/mol. The molecule has 2 aromatic heterocycles. The summed E-state index contributed by atoms with van der Waals surface area (Å²) in [5.74, 6) is 1.72. The molecule has 124 valence electrons. The van der Waals surface area contributed by atoms with Gasteiger partial charge < -0.3 is 4.90 Å². The minimum atomic E-state index is 0.706. The number of rotatable bonds is 2. The van der Waals surface area contributed by atoms with E-state index in [2.05, 4.69) is 58.9 Å². The van der Waals surface area contributed by atoms with Gasteiger partial charge >= 0.3 is 0 Å². The van der Waals surface area contributed by atoms with Crippen LogP contribution in [0, 0.1) is 19.8 Å². The summed E-state index contributed by atoms with van der Waals surface area (Å²) in [6, 6.07) is 6.42. The molecular formula is C19H23N5. The molecule has 3 aromatic rings. The number of aromatic nitrogens is 4. The van der Waals surface area contributed by atoms with Crippen LogP contribution >= 0.6 is 0 Å². The van der Waals surface area contributed by atoms with Crippen LogP contribution in [0.2, 0.25) is 0 Å². The highest BCUT2D eigenvalue weighted by Gasteiger charge is 2.21. The molecule has 0 bridgehead atoms. The molecule has 0 aliphatic carbocycles. The summed E-state index contributed by atoms with van der Waals surface area (Å²) in [5.41, 5.74) is 4.38. The van der Waals surface area contributed by atoms with Crippen molar-refractivity contribution in [3.63, 3.8) is 0 Å². The lowest BCUT2D eigenvalue weighted by Gasteiger charge is -2.31. The van der Waals surface area contributed by atoms with Gasteiger partial charge in [0.05, 0.1) is 17.3 Å². The minimum Gasteiger partial charge on any atom is -0.356 e. The Balaban J connectivity index is 1.83. The second kappa shape index (κ2) is 5.89. The Bertz CT molecular complexity index is 883. The van der Waals surface area contributed by atoms with Gasteiger partial charge in [-0.15, -0.1) is 0 Å². The first-order valence-corrected chi connectivity index (χ1v) is 8.65. The third-order valence-corrected chi connectivity index (χ3v) is 4.89. The Labute approximate surface area is 142 Å². The van der Waals surface area contributed by atoms with E-state index >= 15 is 0 Å². The van der Waals surface area contributed by atoms with E-state index in [1.165, 1.54) is 24.0 Å². The number of anilines is 1. The molecule has 24 heavy (non-hydrogen) atoms. The fraction of sp³-hybridized carbons (Fsp3) is 0.421. The van der Waals surface area contributed by atoms with Crippen LogP contribution in [0.15, 0.2) is 30.7 Å². The third kappa shape index (κ3) is 2.54. The molecule has 0 amide bonds. The molecule has 5 heteroatoms. The number of aryl methyl sites for hydroxylation is 2. The van der Waals surface area contributed by atoms with Gasteiger partial charge in [0.1, 0.15) is 12.1 Å². The van der Waals surface area contributed by atoms with Gasteiger partial charge in [-0.1, -0.05) is 19.1 Å². The number of nitrogens with zero attached hydrogens (tertiary/aromatic N) is 5. The summed E-state index contributed by atoms with van der Waals surface area (Å²) in [6.07, 6.45) is 6.09.